The molecule has 1 atom stereocenters. The van der Waals surface area contributed by atoms with Crippen LogP contribution in [0.15, 0.2) is 42.7 Å². The molecule has 0 radical (unpaired) electrons. The first-order valence-corrected chi connectivity index (χ1v) is 9.51. The summed E-state index contributed by atoms with van der Waals surface area (Å²) < 4.78 is 1.91. The summed E-state index contributed by atoms with van der Waals surface area (Å²) in [4.78, 5) is 16.2. The summed E-state index contributed by atoms with van der Waals surface area (Å²) in [5, 5.41) is 10.3. The molecule has 1 fully saturated rings. The van der Waals surface area contributed by atoms with Gasteiger partial charge in [-0.25, -0.2) is 15.0 Å². The van der Waals surface area contributed by atoms with E-state index >= 15 is 0 Å². The van der Waals surface area contributed by atoms with Crippen molar-refractivity contribution in [3.8, 4) is 22.9 Å². The molecule has 29 heavy (non-hydrogen) atoms. The average molecular weight is 415 g/mol. The number of nitrogens with two attached hydrogens (primary N) is 1. The molecule has 0 spiro atoms. The van der Waals surface area contributed by atoms with E-state index in [2.05, 4.69) is 9.88 Å². The van der Waals surface area contributed by atoms with Crippen LogP contribution in [0.25, 0.3) is 22.9 Å². The standard InChI is InChI=1S/C21H26N6O.ClH/c1-21(2,28)14-7-9-27(13-14)19-6-4-5-16(25-19)17-11-15(22)12-18(24-17)20-23-8-10-26(20)3;/h4-6,8,10-12,14,28H,7,9,13H2,1-3H3,(H2,22,24);1H. The predicted molar refractivity (Wildman–Crippen MR) is 118 cm³/mol. The zero-order chi connectivity index (χ0) is 19.9. The van der Waals surface area contributed by atoms with Gasteiger partial charge in [-0.1, -0.05) is 6.07 Å². The average Bonchev–Trinajstić information content (AvgIpc) is 3.30. The summed E-state index contributed by atoms with van der Waals surface area (Å²) in [6.07, 6.45) is 4.58. The van der Waals surface area contributed by atoms with Crippen LogP contribution in [0.2, 0.25) is 0 Å². The molecule has 0 aromatic carbocycles. The first kappa shape index (κ1) is 21.1. The maximum Gasteiger partial charge on any atom is 0.158 e. The minimum atomic E-state index is -0.682. The molecule has 1 aliphatic rings. The van der Waals surface area contributed by atoms with Crippen molar-refractivity contribution in [1.82, 2.24) is 19.5 Å². The van der Waals surface area contributed by atoms with Gasteiger partial charge in [0.2, 0.25) is 0 Å². The van der Waals surface area contributed by atoms with Crippen molar-refractivity contribution in [1.29, 1.82) is 0 Å². The Morgan fingerprint density at radius 1 is 1.14 bits per heavy atom. The monoisotopic (exact) mass is 414 g/mol. The third-order valence-corrected chi connectivity index (χ3v) is 5.41. The molecule has 0 amide bonds. The Morgan fingerprint density at radius 3 is 2.55 bits per heavy atom. The van der Waals surface area contributed by atoms with Crippen LogP contribution < -0.4 is 10.6 Å². The van der Waals surface area contributed by atoms with Crippen molar-refractivity contribution >= 4 is 23.9 Å². The number of anilines is 2. The molecule has 1 unspecified atom stereocenters. The number of hydrogen-bond acceptors (Lipinski definition) is 6. The van der Waals surface area contributed by atoms with Crippen molar-refractivity contribution in [3.05, 3.63) is 42.7 Å². The second-order valence-corrected chi connectivity index (χ2v) is 8.00. The van der Waals surface area contributed by atoms with Crippen molar-refractivity contribution in [2.45, 2.75) is 25.9 Å². The van der Waals surface area contributed by atoms with Gasteiger partial charge >= 0.3 is 0 Å². The highest BCUT2D eigenvalue weighted by Gasteiger charge is 2.34. The number of nitrogen functional groups attached to an aromatic ring is 1. The predicted octanol–water partition coefficient (Wildman–Crippen LogP) is 3.15. The Bertz CT molecular complexity index is 997. The summed E-state index contributed by atoms with van der Waals surface area (Å²) in [6.45, 7) is 5.43. The third kappa shape index (κ3) is 4.36. The van der Waals surface area contributed by atoms with Crippen LogP contribution in [0.5, 0.6) is 0 Å². The molecular weight excluding hydrogens is 388 g/mol. The first-order chi connectivity index (χ1) is 13.3. The summed E-state index contributed by atoms with van der Waals surface area (Å²) in [6, 6.07) is 9.59. The normalized spacial score (nSPS) is 16.7. The molecule has 1 saturated heterocycles. The van der Waals surface area contributed by atoms with Crippen molar-refractivity contribution in [3.63, 3.8) is 0 Å². The van der Waals surface area contributed by atoms with E-state index in [9.17, 15) is 5.11 Å². The Kier molecular flexibility index (Phi) is 5.82. The van der Waals surface area contributed by atoms with Crippen LogP contribution in [-0.2, 0) is 7.05 Å². The van der Waals surface area contributed by atoms with Crippen LogP contribution >= 0.6 is 12.4 Å². The molecule has 4 rings (SSSR count). The lowest BCUT2D eigenvalue weighted by Gasteiger charge is -2.26. The van der Waals surface area contributed by atoms with Crippen molar-refractivity contribution in [2.24, 2.45) is 13.0 Å². The first-order valence-electron chi connectivity index (χ1n) is 9.51. The van der Waals surface area contributed by atoms with Gasteiger partial charge in [0.15, 0.2) is 5.82 Å². The maximum absolute atomic E-state index is 10.3. The van der Waals surface area contributed by atoms with Gasteiger partial charge in [0, 0.05) is 44.1 Å². The van der Waals surface area contributed by atoms with E-state index in [0.29, 0.717) is 5.69 Å². The van der Waals surface area contributed by atoms with Gasteiger partial charge in [-0.2, -0.15) is 0 Å². The van der Waals surface area contributed by atoms with Crippen LogP contribution in [0, 0.1) is 5.92 Å². The quantitative estimate of drug-likeness (QED) is 0.681. The van der Waals surface area contributed by atoms with Crippen LogP contribution in [0.4, 0.5) is 11.5 Å². The molecule has 7 nitrogen and oxygen atoms in total. The fourth-order valence-electron chi connectivity index (χ4n) is 3.70. The molecule has 8 heteroatoms. The smallest absolute Gasteiger partial charge is 0.158 e. The van der Waals surface area contributed by atoms with Gasteiger partial charge in [0.05, 0.1) is 17.0 Å². The van der Waals surface area contributed by atoms with Gasteiger partial charge < -0.3 is 20.3 Å². The summed E-state index contributed by atoms with van der Waals surface area (Å²) in [5.41, 5.74) is 8.29. The second kappa shape index (κ2) is 8.00. The summed E-state index contributed by atoms with van der Waals surface area (Å²) >= 11 is 0. The topological polar surface area (TPSA) is 93.1 Å². The Labute approximate surface area is 177 Å². The molecule has 3 N–H and O–H groups in total. The molecule has 154 valence electrons. The number of aryl methyl sites for hydroxylation is 1. The minimum absolute atomic E-state index is 0. The Balaban J connectivity index is 0.00000240. The molecular formula is C21H27ClN6O. The van der Waals surface area contributed by atoms with Gasteiger partial charge in [-0.3, -0.25) is 0 Å². The van der Waals surface area contributed by atoms with E-state index in [0.717, 1.165) is 48.2 Å². The summed E-state index contributed by atoms with van der Waals surface area (Å²) in [7, 11) is 1.93. The minimum Gasteiger partial charge on any atom is -0.399 e. The second-order valence-electron chi connectivity index (χ2n) is 8.00. The number of pyridine rings is 2. The van der Waals surface area contributed by atoms with E-state index < -0.39 is 5.60 Å². The summed E-state index contributed by atoms with van der Waals surface area (Å²) in [5.74, 6) is 1.89. The third-order valence-electron chi connectivity index (χ3n) is 5.41. The van der Waals surface area contributed by atoms with Crippen molar-refractivity contribution < 1.29 is 5.11 Å². The molecule has 0 saturated carbocycles. The molecule has 0 aliphatic carbocycles. The van der Waals surface area contributed by atoms with E-state index in [4.69, 9.17) is 15.7 Å². The molecule has 1 aliphatic heterocycles. The number of imidazole rings is 1. The zero-order valence-electron chi connectivity index (χ0n) is 16.9. The number of rotatable bonds is 4. The fourth-order valence-corrected chi connectivity index (χ4v) is 3.70. The van der Waals surface area contributed by atoms with E-state index in [1.165, 1.54) is 0 Å². The fraction of sp³-hybridized carbons (Fsp3) is 0.381. The highest BCUT2D eigenvalue weighted by molar-refractivity contribution is 5.85. The van der Waals surface area contributed by atoms with Gasteiger partial charge in [-0.15, -0.1) is 12.4 Å². The van der Waals surface area contributed by atoms with Gasteiger partial charge in [-0.05, 0) is 44.5 Å². The van der Waals surface area contributed by atoms with Crippen LogP contribution in [-0.4, -0.2) is 43.3 Å². The Morgan fingerprint density at radius 2 is 1.90 bits per heavy atom. The molecule has 3 aromatic heterocycles. The van der Waals surface area contributed by atoms with E-state index in [1.54, 1.807) is 6.20 Å². The van der Waals surface area contributed by atoms with E-state index in [1.807, 2.05) is 62.0 Å². The van der Waals surface area contributed by atoms with Gasteiger partial charge in [0.1, 0.15) is 11.5 Å². The van der Waals surface area contributed by atoms with Gasteiger partial charge in [0.25, 0.3) is 0 Å². The lowest BCUT2D eigenvalue weighted by Crippen LogP contribution is -2.33. The maximum atomic E-state index is 10.3. The number of nitrogens with zero attached hydrogens (tertiary/aromatic N) is 5. The number of hydrogen-bond donors (Lipinski definition) is 2. The highest BCUT2D eigenvalue weighted by atomic mass is 35.5. The van der Waals surface area contributed by atoms with E-state index in [-0.39, 0.29) is 18.3 Å². The molecule has 0 bridgehead atoms. The lowest BCUT2D eigenvalue weighted by atomic mass is 9.90. The highest BCUT2D eigenvalue weighted by Crippen LogP contribution is 2.31. The zero-order valence-corrected chi connectivity index (χ0v) is 17.7. The molecule has 4 heterocycles. The molecule has 3 aromatic rings. The Hall–Kier alpha value is -2.64. The number of aromatic nitrogens is 4. The van der Waals surface area contributed by atoms with Crippen molar-refractivity contribution in [2.75, 3.05) is 23.7 Å². The van der Waals surface area contributed by atoms with Crippen LogP contribution in [0.3, 0.4) is 0 Å². The largest absolute Gasteiger partial charge is 0.399 e. The SMILES string of the molecule is Cl.Cn1ccnc1-c1cc(N)cc(-c2cccc(N3CCC(C(C)(C)O)C3)n2)n1. The number of aliphatic hydroxyl groups is 1. The number of halogens is 1. The lowest BCUT2D eigenvalue weighted by molar-refractivity contribution is 0.0263. The van der Waals surface area contributed by atoms with Crippen LogP contribution in [0.1, 0.15) is 20.3 Å².